The zero-order valence-corrected chi connectivity index (χ0v) is 20.1. The van der Waals surface area contributed by atoms with Gasteiger partial charge in [-0.25, -0.2) is 4.98 Å². The summed E-state index contributed by atoms with van der Waals surface area (Å²) in [6.07, 6.45) is 0.605. The molecule has 0 unspecified atom stereocenters. The molecular weight excluding hydrogens is 438 g/mol. The van der Waals surface area contributed by atoms with Crippen molar-refractivity contribution in [3.05, 3.63) is 52.6 Å². The molecular formula is C25H29N3O4S. The maximum absolute atomic E-state index is 12.9. The van der Waals surface area contributed by atoms with Gasteiger partial charge in [0.25, 0.3) is 0 Å². The van der Waals surface area contributed by atoms with E-state index in [0.29, 0.717) is 36.8 Å². The average molecular weight is 468 g/mol. The lowest BCUT2D eigenvalue weighted by atomic mass is 9.89. The molecule has 2 aliphatic rings. The molecule has 2 aromatic rings. The predicted molar refractivity (Wildman–Crippen MR) is 126 cm³/mol. The third-order valence-electron chi connectivity index (χ3n) is 5.82. The fraction of sp³-hybridized carbons (Fsp3) is 0.480. The Morgan fingerprint density at radius 1 is 1.27 bits per heavy atom. The van der Waals surface area contributed by atoms with E-state index < -0.39 is 5.25 Å². The van der Waals surface area contributed by atoms with Crippen LogP contribution in [0.15, 0.2) is 35.4 Å². The number of hydrogen-bond donors (Lipinski definition) is 0. The lowest BCUT2D eigenvalue weighted by Gasteiger charge is -2.37. The molecule has 0 radical (unpaired) electrons. The fourth-order valence-electron chi connectivity index (χ4n) is 4.17. The van der Waals surface area contributed by atoms with Gasteiger partial charge in [-0.2, -0.15) is 5.26 Å². The highest BCUT2D eigenvalue weighted by Gasteiger charge is 2.35. The third-order valence-corrected chi connectivity index (χ3v) is 7.04. The van der Waals surface area contributed by atoms with Crippen LogP contribution in [0.25, 0.3) is 0 Å². The molecule has 0 aliphatic carbocycles. The van der Waals surface area contributed by atoms with Crippen molar-refractivity contribution < 1.29 is 19.0 Å². The number of benzene rings is 1. The summed E-state index contributed by atoms with van der Waals surface area (Å²) in [4.78, 5) is 20.1. The van der Waals surface area contributed by atoms with Gasteiger partial charge in [0, 0.05) is 25.1 Å². The second-order valence-electron chi connectivity index (χ2n) is 8.67. The van der Waals surface area contributed by atoms with Crippen LogP contribution in [0.1, 0.15) is 48.3 Å². The number of morpholine rings is 1. The number of carbonyl (C=O) groups is 1. The minimum atomic E-state index is -0.616. The monoisotopic (exact) mass is 467 g/mol. The number of carbonyl (C=O) groups excluding carboxylic acids is 1. The van der Waals surface area contributed by atoms with Crippen LogP contribution in [-0.4, -0.2) is 49.5 Å². The quantitative estimate of drug-likeness (QED) is 0.465. The third kappa shape index (κ3) is 5.16. The topological polar surface area (TPSA) is 84.7 Å². The van der Waals surface area contributed by atoms with Crippen molar-refractivity contribution in [3.8, 4) is 6.07 Å². The molecule has 0 bridgehead atoms. The van der Waals surface area contributed by atoms with E-state index in [1.54, 1.807) is 6.92 Å². The van der Waals surface area contributed by atoms with Crippen LogP contribution in [0.5, 0.6) is 0 Å². The van der Waals surface area contributed by atoms with E-state index >= 15 is 0 Å². The number of ether oxygens (including phenoxy) is 3. The summed E-state index contributed by atoms with van der Waals surface area (Å²) in [5.41, 5.74) is 2.88. The lowest BCUT2D eigenvalue weighted by Crippen LogP contribution is -2.39. The Bertz CT molecular complexity index is 1050. The number of anilines is 1. The van der Waals surface area contributed by atoms with Crippen LogP contribution in [0.3, 0.4) is 0 Å². The van der Waals surface area contributed by atoms with Gasteiger partial charge in [0.15, 0.2) is 0 Å². The number of nitriles is 1. The van der Waals surface area contributed by atoms with Crippen LogP contribution in [0.4, 0.5) is 5.82 Å². The summed E-state index contributed by atoms with van der Waals surface area (Å²) in [7, 11) is 0. The van der Waals surface area contributed by atoms with Gasteiger partial charge >= 0.3 is 5.97 Å². The van der Waals surface area contributed by atoms with Gasteiger partial charge in [-0.3, -0.25) is 4.79 Å². The minimum absolute atomic E-state index is 0.288. The molecule has 8 heteroatoms. The van der Waals surface area contributed by atoms with Crippen LogP contribution in [0, 0.1) is 11.3 Å². The summed E-state index contributed by atoms with van der Waals surface area (Å²) in [6.45, 7) is 9.24. The second kappa shape index (κ2) is 10.1. The van der Waals surface area contributed by atoms with Crippen molar-refractivity contribution in [1.82, 2.24) is 4.98 Å². The second-order valence-corrected chi connectivity index (χ2v) is 9.76. The predicted octanol–water partition coefficient (Wildman–Crippen LogP) is 4.04. The molecule has 1 fully saturated rings. The minimum Gasteiger partial charge on any atom is -0.465 e. The van der Waals surface area contributed by atoms with Gasteiger partial charge in [0.1, 0.15) is 22.2 Å². The Labute approximate surface area is 199 Å². The fourth-order valence-corrected chi connectivity index (χ4v) is 5.28. The van der Waals surface area contributed by atoms with E-state index in [0.717, 1.165) is 35.6 Å². The molecule has 4 rings (SSSR count). The Morgan fingerprint density at radius 2 is 2.00 bits per heavy atom. The number of fused-ring (bicyclic) bond motifs is 1. The highest BCUT2D eigenvalue weighted by Crippen LogP contribution is 2.43. The first-order chi connectivity index (χ1) is 15.9. The Hall–Kier alpha value is -2.60. The summed E-state index contributed by atoms with van der Waals surface area (Å²) in [6, 6.07) is 11.9. The van der Waals surface area contributed by atoms with E-state index in [1.165, 1.54) is 11.8 Å². The maximum Gasteiger partial charge on any atom is 0.324 e. The van der Waals surface area contributed by atoms with Gasteiger partial charge in [0.05, 0.1) is 37.6 Å². The number of aromatic nitrogens is 1. The van der Waals surface area contributed by atoms with Crippen molar-refractivity contribution in [3.63, 3.8) is 0 Å². The molecule has 1 atom stereocenters. The van der Waals surface area contributed by atoms with Gasteiger partial charge in [-0.15, -0.1) is 0 Å². The Morgan fingerprint density at radius 3 is 2.67 bits per heavy atom. The molecule has 0 saturated carbocycles. The van der Waals surface area contributed by atoms with Crippen LogP contribution < -0.4 is 4.90 Å². The zero-order chi connectivity index (χ0) is 23.4. The summed E-state index contributed by atoms with van der Waals surface area (Å²) < 4.78 is 17.0. The highest BCUT2D eigenvalue weighted by atomic mass is 32.2. The molecule has 0 spiro atoms. The van der Waals surface area contributed by atoms with E-state index in [1.807, 2.05) is 44.2 Å². The molecule has 3 heterocycles. The number of rotatable bonds is 6. The summed E-state index contributed by atoms with van der Waals surface area (Å²) in [5.74, 6) is 0.481. The standard InChI is InChI=1S/C25H29N3O4S/c1-4-31-24(29)21(17-8-6-5-7-9-17)33-23-19(15-26)18-14-25(2,3)32-16-20(18)22(27-23)28-10-12-30-13-11-28/h5-9,21H,4,10-14,16H2,1-3H3/t21-/m0/s1. The van der Waals surface area contributed by atoms with Crippen molar-refractivity contribution >= 4 is 23.5 Å². The number of esters is 1. The molecule has 33 heavy (non-hydrogen) atoms. The molecule has 1 aromatic carbocycles. The number of pyridine rings is 1. The van der Waals surface area contributed by atoms with E-state index in [2.05, 4.69) is 11.0 Å². The molecule has 0 N–H and O–H groups in total. The van der Waals surface area contributed by atoms with Gasteiger partial charge in [0.2, 0.25) is 0 Å². The zero-order valence-electron chi connectivity index (χ0n) is 19.3. The first-order valence-electron chi connectivity index (χ1n) is 11.2. The van der Waals surface area contributed by atoms with E-state index in [9.17, 15) is 10.1 Å². The van der Waals surface area contributed by atoms with Gasteiger partial charge in [-0.1, -0.05) is 42.1 Å². The van der Waals surface area contributed by atoms with Crippen molar-refractivity contribution in [2.75, 3.05) is 37.8 Å². The number of thioether (sulfide) groups is 1. The molecule has 7 nitrogen and oxygen atoms in total. The molecule has 174 valence electrons. The van der Waals surface area contributed by atoms with Gasteiger partial charge < -0.3 is 19.1 Å². The maximum atomic E-state index is 12.9. The summed E-state index contributed by atoms with van der Waals surface area (Å²) >= 11 is 1.29. The average Bonchev–Trinajstić information content (AvgIpc) is 2.82. The Balaban J connectivity index is 1.82. The van der Waals surface area contributed by atoms with E-state index in [-0.39, 0.29) is 18.2 Å². The van der Waals surface area contributed by atoms with Crippen LogP contribution >= 0.6 is 11.8 Å². The number of nitrogens with zero attached hydrogens (tertiary/aromatic N) is 3. The number of hydrogen-bond acceptors (Lipinski definition) is 8. The van der Waals surface area contributed by atoms with Gasteiger partial charge in [-0.05, 0) is 31.9 Å². The SMILES string of the molecule is CCOC(=O)[C@@H](Sc1nc(N2CCOCC2)c2c(c1C#N)CC(C)(C)OC2)c1ccccc1. The highest BCUT2D eigenvalue weighted by molar-refractivity contribution is 8.00. The van der Waals surface area contributed by atoms with Crippen molar-refractivity contribution in [1.29, 1.82) is 5.26 Å². The van der Waals surface area contributed by atoms with Crippen LogP contribution in [-0.2, 0) is 32.0 Å². The van der Waals surface area contributed by atoms with Crippen molar-refractivity contribution in [2.24, 2.45) is 0 Å². The summed E-state index contributed by atoms with van der Waals surface area (Å²) in [5, 5.41) is 10.1. The normalized spacial score (nSPS) is 18.2. The first-order valence-corrected chi connectivity index (χ1v) is 12.1. The largest absolute Gasteiger partial charge is 0.465 e. The molecule has 0 amide bonds. The molecule has 2 aliphatic heterocycles. The van der Waals surface area contributed by atoms with E-state index in [4.69, 9.17) is 19.2 Å². The first kappa shape index (κ1) is 23.6. The van der Waals surface area contributed by atoms with Crippen molar-refractivity contribution in [2.45, 2.75) is 49.7 Å². The Kier molecular flexibility index (Phi) is 7.23. The molecule has 1 saturated heterocycles. The molecule has 1 aromatic heterocycles. The van der Waals surface area contributed by atoms with Crippen LogP contribution in [0.2, 0.25) is 0 Å². The lowest BCUT2D eigenvalue weighted by molar-refractivity contribution is -0.142. The smallest absolute Gasteiger partial charge is 0.324 e.